The summed E-state index contributed by atoms with van der Waals surface area (Å²) in [6.07, 6.45) is 2.27. The lowest BCUT2D eigenvalue weighted by molar-refractivity contribution is -0.139. The molecule has 7 heteroatoms. The van der Waals surface area contributed by atoms with Gasteiger partial charge in [0.2, 0.25) is 0 Å². The van der Waals surface area contributed by atoms with Crippen molar-refractivity contribution < 1.29 is 14.3 Å². The van der Waals surface area contributed by atoms with Crippen LogP contribution < -0.4 is 10.7 Å². The van der Waals surface area contributed by atoms with Crippen molar-refractivity contribution >= 4 is 34.0 Å². The summed E-state index contributed by atoms with van der Waals surface area (Å²) < 4.78 is 6.24. The van der Waals surface area contributed by atoms with E-state index in [0.717, 1.165) is 10.0 Å². The van der Waals surface area contributed by atoms with Crippen molar-refractivity contribution in [2.75, 3.05) is 13.2 Å². The van der Waals surface area contributed by atoms with Crippen LogP contribution in [-0.4, -0.2) is 37.3 Å². The van der Waals surface area contributed by atoms with Crippen LogP contribution in [0.15, 0.2) is 33.8 Å². The third-order valence-corrected chi connectivity index (χ3v) is 2.99. The third kappa shape index (κ3) is 7.90. The van der Waals surface area contributed by atoms with Crippen LogP contribution in [0.25, 0.3) is 0 Å². The van der Waals surface area contributed by atoms with Gasteiger partial charge in [-0.25, -0.2) is 5.43 Å². The van der Waals surface area contributed by atoms with Crippen LogP contribution in [-0.2, 0) is 14.3 Å². The molecule has 120 valence electrons. The first kappa shape index (κ1) is 18.3. The highest BCUT2D eigenvalue weighted by atomic mass is 79.9. The maximum atomic E-state index is 11.5. The summed E-state index contributed by atoms with van der Waals surface area (Å²) in [6.45, 7) is 4.81. The van der Waals surface area contributed by atoms with E-state index in [0.29, 0.717) is 19.6 Å². The Kier molecular flexibility index (Phi) is 8.39. The molecule has 1 aromatic rings. The Morgan fingerprint density at radius 3 is 2.82 bits per heavy atom. The number of benzene rings is 1. The first-order chi connectivity index (χ1) is 10.5. The number of nitrogens with one attached hydrogen (secondary N) is 2. The van der Waals surface area contributed by atoms with Crippen LogP contribution in [0.4, 0.5) is 0 Å². The van der Waals surface area contributed by atoms with Gasteiger partial charge in [0.15, 0.2) is 0 Å². The number of carbonyl (C=O) groups excluding carboxylic acids is 2. The number of amides is 2. The Balaban J connectivity index is 2.25. The first-order valence-corrected chi connectivity index (χ1v) is 7.76. The molecule has 0 aliphatic heterocycles. The lowest BCUT2D eigenvalue weighted by atomic mass is 10.2. The van der Waals surface area contributed by atoms with Crippen LogP contribution in [0.1, 0.15) is 25.8 Å². The molecule has 0 saturated heterocycles. The summed E-state index contributed by atoms with van der Waals surface area (Å²) in [5.41, 5.74) is 2.99. The summed E-state index contributed by atoms with van der Waals surface area (Å²) in [5.74, 6) is -1.51. The molecule has 2 N–H and O–H groups in total. The second kappa shape index (κ2) is 10.1. The average molecular weight is 370 g/mol. The Bertz CT molecular complexity index is 533. The van der Waals surface area contributed by atoms with E-state index in [4.69, 9.17) is 4.74 Å². The van der Waals surface area contributed by atoms with E-state index >= 15 is 0 Å². The van der Waals surface area contributed by atoms with Gasteiger partial charge >= 0.3 is 11.8 Å². The standard InChI is InChI=1S/C15H20BrN3O3/c1-11(2)22-8-4-7-17-14(20)15(21)19-18-10-12-5-3-6-13(16)9-12/h3,5-6,9-11H,4,7-8H2,1-2H3,(H,17,20)(H,19,21)/b18-10-. The van der Waals surface area contributed by atoms with Gasteiger partial charge in [-0.05, 0) is 38.0 Å². The maximum absolute atomic E-state index is 11.5. The van der Waals surface area contributed by atoms with E-state index in [1.807, 2.05) is 38.1 Å². The Morgan fingerprint density at radius 1 is 1.36 bits per heavy atom. The Morgan fingerprint density at radius 2 is 2.14 bits per heavy atom. The van der Waals surface area contributed by atoms with Gasteiger partial charge in [-0.3, -0.25) is 9.59 Å². The number of rotatable bonds is 7. The molecular formula is C15H20BrN3O3. The molecule has 1 aromatic carbocycles. The lowest BCUT2D eigenvalue weighted by Crippen LogP contribution is -2.38. The van der Waals surface area contributed by atoms with Crippen molar-refractivity contribution in [3.63, 3.8) is 0 Å². The highest BCUT2D eigenvalue weighted by molar-refractivity contribution is 9.10. The van der Waals surface area contributed by atoms with Gasteiger partial charge in [0.05, 0.1) is 12.3 Å². The van der Waals surface area contributed by atoms with E-state index < -0.39 is 11.8 Å². The molecule has 0 fully saturated rings. The predicted molar refractivity (Wildman–Crippen MR) is 88.6 cm³/mol. The zero-order valence-corrected chi connectivity index (χ0v) is 14.2. The zero-order chi connectivity index (χ0) is 16.4. The fraction of sp³-hybridized carbons (Fsp3) is 0.400. The summed E-state index contributed by atoms with van der Waals surface area (Å²) in [7, 11) is 0. The quantitative estimate of drug-likeness (QED) is 0.333. The molecule has 0 heterocycles. The molecule has 0 unspecified atom stereocenters. The molecule has 0 atom stereocenters. The molecule has 6 nitrogen and oxygen atoms in total. The Labute approximate surface area is 138 Å². The predicted octanol–water partition coefficient (Wildman–Crippen LogP) is 1.83. The fourth-order valence-corrected chi connectivity index (χ4v) is 1.89. The smallest absolute Gasteiger partial charge is 0.329 e. The van der Waals surface area contributed by atoms with Gasteiger partial charge in [0, 0.05) is 17.6 Å². The second-order valence-electron chi connectivity index (χ2n) is 4.78. The van der Waals surface area contributed by atoms with Crippen LogP contribution in [0, 0.1) is 0 Å². The normalized spacial score (nSPS) is 10.9. The molecular weight excluding hydrogens is 350 g/mol. The van der Waals surface area contributed by atoms with E-state index in [-0.39, 0.29) is 6.10 Å². The minimum atomic E-state index is -0.795. The van der Waals surface area contributed by atoms with Gasteiger partial charge in [-0.2, -0.15) is 5.10 Å². The maximum Gasteiger partial charge on any atom is 0.329 e. The molecule has 0 aliphatic rings. The summed E-state index contributed by atoms with van der Waals surface area (Å²) in [4.78, 5) is 23.0. The minimum absolute atomic E-state index is 0.159. The molecule has 0 bridgehead atoms. The monoisotopic (exact) mass is 369 g/mol. The van der Waals surface area contributed by atoms with Crippen molar-refractivity contribution in [1.82, 2.24) is 10.7 Å². The van der Waals surface area contributed by atoms with Crippen LogP contribution in [0.2, 0.25) is 0 Å². The number of ether oxygens (including phenoxy) is 1. The van der Waals surface area contributed by atoms with E-state index in [9.17, 15) is 9.59 Å². The zero-order valence-electron chi connectivity index (χ0n) is 12.6. The number of carbonyl (C=O) groups is 2. The van der Waals surface area contributed by atoms with E-state index in [2.05, 4.69) is 31.8 Å². The van der Waals surface area contributed by atoms with Gasteiger partial charge in [-0.1, -0.05) is 28.1 Å². The molecule has 0 aliphatic carbocycles. The number of halogens is 1. The van der Waals surface area contributed by atoms with E-state index in [1.165, 1.54) is 6.21 Å². The SMILES string of the molecule is CC(C)OCCCNC(=O)C(=O)N/N=C\c1cccc(Br)c1. The minimum Gasteiger partial charge on any atom is -0.379 e. The van der Waals surface area contributed by atoms with Crippen molar-refractivity contribution in [3.8, 4) is 0 Å². The average Bonchev–Trinajstić information content (AvgIpc) is 2.46. The molecule has 0 aromatic heterocycles. The topological polar surface area (TPSA) is 79.8 Å². The largest absolute Gasteiger partial charge is 0.379 e. The number of hydrazone groups is 1. The summed E-state index contributed by atoms with van der Waals surface area (Å²) in [5, 5.41) is 6.24. The molecule has 0 spiro atoms. The van der Waals surface area contributed by atoms with E-state index in [1.54, 1.807) is 0 Å². The van der Waals surface area contributed by atoms with Crippen molar-refractivity contribution in [2.24, 2.45) is 5.10 Å². The molecule has 0 saturated carbocycles. The van der Waals surface area contributed by atoms with Gasteiger partial charge in [-0.15, -0.1) is 0 Å². The fourth-order valence-electron chi connectivity index (χ4n) is 1.48. The number of nitrogens with zero attached hydrogens (tertiary/aromatic N) is 1. The molecule has 0 radical (unpaired) electrons. The highest BCUT2D eigenvalue weighted by Crippen LogP contribution is 2.09. The highest BCUT2D eigenvalue weighted by Gasteiger charge is 2.11. The van der Waals surface area contributed by atoms with Crippen molar-refractivity contribution in [2.45, 2.75) is 26.4 Å². The molecule has 22 heavy (non-hydrogen) atoms. The van der Waals surface area contributed by atoms with Crippen LogP contribution in [0.3, 0.4) is 0 Å². The summed E-state index contributed by atoms with van der Waals surface area (Å²) in [6, 6.07) is 7.39. The van der Waals surface area contributed by atoms with Crippen LogP contribution in [0.5, 0.6) is 0 Å². The third-order valence-electron chi connectivity index (χ3n) is 2.49. The second-order valence-corrected chi connectivity index (χ2v) is 5.70. The molecule has 1 rings (SSSR count). The number of hydrogen-bond donors (Lipinski definition) is 2. The number of hydrogen-bond acceptors (Lipinski definition) is 4. The van der Waals surface area contributed by atoms with Gasteiger partial charge in [0.25, 0.3) is 0 Å². The lowest BCUT2D eigenvalue weighted by Gasteiger charge is -2.07. The first-order valence-electron chi connectivity index (χ1n) is 6.97. The van der Waals surface area contributed by atoms with Crippen molar-refractivity contribution in [3.05, 3.63) is 34.3 Å². The summed E-state index contributed by atoms with van der Waals surface area (Å²) >= 11 is 3.33. The van der Waals surface area contributed by atoms with Crippen LogP contribution >= 0.6 is 15.9 Å². The van der Waals surface area contributed by atoms with Gasteiger partial charge in [0.1, 0.15) is 0 Å². The molecule has 2 amide bonds. The van der Waals surface area contributed by atoms with Gasteiger partial charge < -0.3 is 10.1 Å². The Hall–Kier alpha value is -1.73. The van der Waals surface area contributed by atoms with Crippen molar-refractivity contribution in [1.29, 1.82) is 0 Å².